The Labute approximate surface area is 115 Å². The van der Waals surface area contributed by atoms with Gasteiger partial charge in [0, 0.05) is 37.8 Å². The second kappa shape index (κ2) is 6.57. The quantitative estimate of drug-likeness (QED) is 0.681. The molecule has 4 nitrogen and oxygen atoms in total. The predicted octanol–water partition coefficient (Wildman–Crippen LogP) is 1.52. The number of nitrogens with one attached hydrogen (secondary N) is 3. The smallest absolute Gasteiger partial charge is 0.222 e. The first-order valence-electron chi connectivity index (χ1n) is 7.01. The van der Waals surface area contributed by atoms with E-state index in [1.807, 2.05) is 13.8 Å². The van der Waals surface area contributed by atoms with E-state index in [1.165, 1.54) is 16.8 Å². The Bertz CT molecular complexity index is 443. The predicted molar refractivity (Wildman–Crippen MR) is 78.2 cm³/mol. The van der Waals surface area contributed by atoms with Gasteiger partial charge in [0.2, 0.25) is 5.91 Å². The van der Waals surface area contributed by atoms with E-state index < -0.39 is 0 Å². The highest BCUT2D eigenvalue weighted by molar-refractivity contribution is 5.77. The van der Waals surface area contributed by atoms with Gasteiger partial charge in [0.15, 0.2) is 0 Å². The average molecular weight is 261 g/mol. The molecule has 104 valence electrons. The third-order valence-electron chi connectivity index (χ3n) is 3.37. The number of carbonyl (C=O) groups is 1. The molecule has 0 aromatic heterocycles. The van der Waals surface area contributed by atoms with Gasteiger partial charge in [-0.2, -0.15) is 0 Å². The molecule has 0 aliphatic carbocycles. The molecule has 1 aromatic carbocycles. The van der Waals surface area contributed by atoms with E-state index in [9.17, 15) is 4.79 Å². The first-order valence-corrected chi connectivity index (χ1v) is 7.01. The lowest BCUT2D eigenvalue weighted by Crippen LogP contribution is -2.34. The summed E-state index contributed by atoms with van der Waals surface area (Å²) in [6, 6.07) is 6.45. The maximum absolute atomic E-state index is 11.4. The highest BCUT2D eigenvalue weighted by Crippen LogP contribution is 2.25. The summed E-state index contributed by atoms with van der Waals surface area (Å²) in [5.41, 5.74) is 4.01. The van der Waals surface area contributed by atoms with Crippen molar-refractivity contribution >= 4 is 11.6 Å². The lowest BCUT2D eigenvalue weighted by Gasteiger charge is -2.11. The molecule has 19 heavy (non-hydrogen) atoms. The van der Waals surface area contributed by atoms with E-state index in [2.05, 4.69) is 34.1 Å². The Hall–Kier alpha value is -1.55. The number of fused-ring (bicyclic) bond motifs is 1. The van der Waals surface area contributed by atoms with Crippen molar-refractivity contribution in [3.63, 3.8) is 0 Å². The van der Waals surface area contributed by atoms with Crippen molar-refractivity contribution in [3.8, 4) is 0 Å². The molecule has 0 atom stereocenters. The molecule has 1 aliphatic rings. The average Bonchev–Trinajstić information content (AvgIpc) is 2.87. The summed E-state index contributed by atoms with van der Waals surface area (Å²) in [5, 5.41) is 9.71. The van der Waals surface area contributed by atoms with Crippen molar-refractivity contribution in [1.82, 2.24) is 10.6 Å². The summed E-state index contributed by atoms with van der Waals surface area (Å²) in [7, 11) is 0. The fourth-order valence-corrected chi connectivity index (χ4v) is 2.26. The van der Waals surface area contributed by atoms with Crippen molar-refractivity contribution in [2.24, 2.45) is 5.92 Å². The molecule has 4 heteroatoms. The first-order chi connectivity index (χ1) is 9.18. The standard InChI is InChI=1S/C15H23N3O/c1-11(2)15(19)18-9-8-16-10-13-5-3-4-12-6-7-17-14(12)13/h3-5,11,16-17H,6-10H2,1-2H3,(H,18,19). The molecular formula is C15H23N3O. The molecule has 0 saturated heterocycles. The van der Waals surface area contributed by atoms with Crippen molar-refractivity contribution in [2.45, 2.75) is 26.8 Å². The molecule has 0 fully saturated rings. The third kappa shape index (κ3) is 3.70. The molecule has 0 spiro atoms. The van der Waals surface area contributed by atoms with Crippen LogP contribution in [0.25, 0.3) is 0 Å². The number of hydrogen-bond acceptors (Lipinski definition) is 3. The minimum Gasteiger partial charge on any atom is -0.384 e. The Morgan fingerprint density at radius 3 is 3.00 bits per heavy atom. The Kier molecular flexibility index (Phi) is 4.80. The zero-order valence-corrected chi connectivity index (χ0v) is 11.8. The number of anilines is 1. The van der Waals surface area contributed by atoms with Crippen LogP contribution in [0.15, 0.2) is 18.2 Å². The van der Waals surface area contributed by atoms with Crippen LogP contribution < -0.4 is 16.0 Å². The van der Waals surface area contributed by atoms with E-state index >= 15 is 0 Å². The van der Waals surface area contributed by atoms with Crippen molar-refractivity contribution in [2.75, 3.05) is 25.0 Å². The van der Waals surface area contributed by atoms with E-state index in [4.69, 9.17) is 0 Å². The van der Waals surface area contributed by atoms with Gasteiger partial charge < -0.3 is 16.0 Å². The molecule has 1 amide bonds. The highest BCUT2D eigenvalue weighted by Gasteiger charge is 2.12. The van der Waals surface area contributed by atoms with Gasteiger partial charge in [0.25, 0.3) is 0 Å². The van der Waals surface area contributed by atoms with E-state index in [0.29, 0.717) is 6.54 Å². The molecule has 1 heterocycles. The van der Waals surface area contributed by atoms with Crippen LogP contribution in [0.2, 0.25) is 0 Å². The van der Waals surface area contributed by atoms with Crippen LogP contribution in [0, 0.1) is 5.92 Å². The number of amides is 1. The third-order valence-corrected chi connectivity index (χ3v) is 3.37. The van der Waals surface area contributed by atoms with Gasteiger partial charge in [-0.1, -0.05) is 32.0 Å². The monoisotopic (exact) mass is 261 g/mol. The van der Waals surface area contributed by atoms with Crippen molar-refractivity contribution in [1.29, 1.82) is 0 Å². The second-order valence-electron chi connectivity index (χ2n) is 5.25. The van der Waals surface area contributed by atoms with Crippen LogP contribution in [0.4, 0.5) is 5.69 Å². The van der Waals surface area contributed by atoms with Gasteiger partial charge >= 0.3 is 0 Å². The van der Waals surface area contributed by atoms with Gasteiger partial charge in [-0.3, -0.25) is 4.79 Å². The summed E-state index contributed by atoms with van der Waals surface area (Å²) < 4.78 is 0. The normalized spacial score (nSPS) is 13.2. The van der Waals surface area contributed by atoms with Crippen molar-refractivity contribution < 1.29 is 4.79 Å². The summed E-state index contributed by atoms with van der Waals surface area (Å²) >= 11 is 0. The van der Waals surface area contributed by atoms with Gasteiger partial charge in [-0.05, 0) is 17.5 Å². The molecule has 1 aromatic rings. The molecule has 0 unspecified atom stereocenters. The van der Waals surface area contributed by atoms with Gasteiger partial charge in [0.1, 0.15) is 0 Å². The summed E-state index contributed by atoms with van der Waals surface area (Å²) in [4.78, 5) is 11.4. The molecule has 0 saturated carbocycles. The molecule has 0 bridgehead atoms. The van der Waals surface area contributed by atoms with E-state index in [-0.39, 0.29) is 11.8 Å². The van der Waals surface area contributed by atoms with Crippen LogP contribution in [-0.4, -0.2) is 25.5 Å². The fraction of sp³-hybridized carbons (Fsp3) is 0.533. The van der Waals surface area contributed by atoms with Gasteiger partial charge in [0.05, 0.1) is 0 Å². The minimum absolute atomic E-state index is 0.0570. The minimum atomic E-state index is 0.0570. The lowest BCUT2D eigenvalue weighted by molar-refractivity contribution is -0.123. The second-order valence-corrected chi connectivity index (χ2v) is 5.25. The number of hydrogen-bond donors (Lipinski definition) is 3. The Balaban J connectivity index is 1.72. The van der Waals surface area contributed by atoms with E-state index in [1.54, 1.807) is 0 Å². The number of rotatable bonds is 6. The summed E-state index contributed by atoms with van der Waals surface area (Å²) in [5.74, 6) is 0.172. The maximum Gasteiger partial charge on any atom is 0.222 e. The molecule has 0 radical (unpaired) electrons. The maximum atomic E-state index is 11.4. The van der Waals surface area contributed by atoms with Gasteiger partial charge in [-0.15, -0.1) is 0 Å². The van der Waals surface area contributed by atoms with Crippen LogP contribution in [0.3, 0.4) is 0 Å². The topological polar surface area (TPSA) is 53.2 Å². The van der Waals surface area contributed by atoms with Crippen LogP contribution >= 0.6 is 0 Å². The zero-order chi connectivity index (χ0) is 13.7. The van der Waals surface area contributed by atoms with Crippen LogP contribution in [-0.2, 0) is 17.8 Å². The van der Waals surface area contributed by atoms with Crippen molar-refractivity contribution in [3.05, 3.63) is 29.3 Å². The Morgan fingerprint density at radius 2 is 2.21 bits per heavy atom. The number of benzene rings is 1. The first kappa shape index (κ1) is 13.9. The molecule has 3 N–H and O–H groups in total. The molecule has 2 rings (SSSR count). The fourth-order valence-electron chi connectivity index (χ4n) is 2.26. The van der Waals surface area contributed by atoms with E-state index in [0.717, 1.165) is 26.1 Å². The lowest BCUT2D eigenvalue weighted by atomic mass is 10.1. The largest absolute Gasteiger partial charge is 0.384 e. The van der Waals surface area contributed by atoms with Gasteiger partial charge in [-0.25, -0.2) is 0 Å². The number of carbonyl (C=O) groups excluding carboxylic acids is 1. The summed E-state index contributed by atoms with van der Waals surface area (Å²) in [6.07, 6.45) is 1.12. The highest BCUT2D eigenvalue weighted by atomic mass is 16.1. The molecule has 1 aliphatic heterocycles. The summed E-state index contributed by atoms with van der Waals surface area (Å²) in [6.45, 7) is 7.16. The Morgan fingerprint density at radius 1 is 1.37 bits per heavy atom. The number of para-hydroxylation sites is 1. The SMILES string of the molecule is CC(C)C(=O)NCCNCc1cccc2c1NCC2. The van der Waals surface area contributed by atoms with Crippen LogP contribution in [0.1, 0.15) is 25.0 Å². The zero-order valence-electron chi connectivity index (χ0n) is 11.8. The van der Waals surface area contributed by atoms with Crippen LogP contribution in [0.5, 0.6) is 0 Å². The molecular weight excluding hydrogens is 238 g/mol.